The molecule has 45 heavy (non-hydrogen) atoms. The van der Waals surface area contributed by atoms with Gasteiger partial charge in [-0.3, -0.25) is 0 Å². The Kier molecular flexibility index (Phi) is 12.8. The maximum absolute atomic E-state index is 10.9. The second-order valence-corrected chi connectivity index (χ2v) is 11.1. The summed E-state index contributed by atoms with van der Waals surface area (Å²) in [7, 11) is 0. The lowest BCUT2D eigenvalue weighted by Gasteiger charge is -2.49. The molecular weight excluding hydrogens is 624 g/mol. The van der Waals surface area contributed by atoms with E-state index in [2.05, 4.69) is 0 Å². The van der Waals surface area contributed by atoms with Crippen LogP contribution in [0.25, 0.3) is 0 Å². The summed E-state index contributed by atoms with van der Waals surface area (Å²) in [5.41, 5.74) is 0. The molecule has 0 spiro atoms. The number of rotatable bonds is 10. The molecular formula is C24H42O21. The SMILES string of the molecule is OC[C@H]1O[C@@H](O[C@H]2[C@H](O)[C@@H](O)[C@H](O[C@H]3[C@H](O)[C@H](O)[C@H](O[C@@H]4[C@H](O)[C@H](O)[C@H](O)O[C@@H]4CO)O[C@@H]3CO)O[C@@H]2CO)[C@@H](O)[C@@H](O)[C@@H]1O. The lowest BCUT2D eigenvalue weighted by molar-refractivity contribution is -0.387. The maximum Gasteiger partial charge on any atom is 0.187 e. The topological polar surface area (TPSA) is 348 Å². The van der Waals surface area contributed by atoms with E-state index in [9.17, 15) is 71.5 Å². The Hall–Kier alpha value is -0.840. The van der Waals surface area contributed by atoms with Crippen molar-refractivity contribution < 1.29 is 105 Å². The van der Waals surface area contributed by atoms with E-state index in [1.165, 1.54) is 0 Å². The Morgan fingerprint density at radius 3 is 1.02 bits per heavy atom. The zero-order valence-corrected chi connectivity index (χ0v) is 23.5. The third kappa shape index (κ3) is 7.44. The van der Waals surface area contributed by atoms with E-state index in [-0.39, 0.29) is 0 Å². The second kappa shape index (κ2) is 15.6. The molecule has 4 rings (SSSR count). The molecule has 14 N–H and O–H groups in total. The molecule has 21 heteroatoms. The van der Waals surface area contributed by atoms with Gasteiger partial charge in [0.2, 0.25) is 0 Å². The summed E-state index contributed by atoms with van der Waals surface area (Å²) in [4.78, 5) is 0. The van der Waals surface area contributed by atoms with E-state index >= 15 is 0 Å². The van der Waals surface area contributed by atoms with Gasteiger partial charge in [-0.1, -0.05) is 0 Å². The van der Waals surface area contributed by atoms with Gasteiger partial charge < -0.3 is 105 Å². The minimum absolute atomic E-state index is 0.784. The molecule has 0 amide bonds. The van der Waals surface area contributed by atoms with Crippen LogP contribution < -0.4 is 0 Å². The van der Waals surface area contributed by atoms with E-state index in [1.54, 1.807) is 0 Å². The molecule has 264 valence electrons. The van der Waals surface area contributed by atoms with Gasteiger partial charge in [0, 0.05) is 0 Å². The van der Waals surface area contributed by atoms with Crippen LogP contribution in [0.4, 0.5) is 0 Å². The first-order valence-corrected chi connectivity index (χ1v) is 14.1. The van der Waals surface area contributed by atoms with Gasteiger partial charge in [-0.05, 0) is 0 Å². The highest BCUT2D eigenvalue weighted by Gasteiger charge is 2.55. The van der Waals surface area contributed by atoms with Gasteiger partial charge in [0.25, 0.3) is 0 Å². The molecule has 0 bridgehead atoms. The average molecular weight is 667 g/mol. The number of hydrogen-bond donors (Lipinski definition) is 14. The van der Waals surface area contributed by atoms with Crippen molar-refractivity contribution in [2.24, 2.45) is 0 Å². The fourth-order valence-electron chi connectivity index (χ4n) is 5.55. The van der Waals surface area contributed by atoms with Crippen molar-refractivity contribution in [3.8, 4) is 0 Å². The van der Waals surface area contributed by atoms with Crippen LogP contribution in [0.15, 0.2) is 0 Å². The Bertz CT molecular complexity index is 910. The van der Waals surface area contributed by atoms with Crippen LogP contribution in [-0.2, 0) is 33.2 Å². The number of aliphatic hydroxyl groups excluding tert-OH is 14. The molecule has 0 saturated carbocycles. The highest BCUT2D eigenvalue weighted by molar-refractivity contribution is 4.97. The summed E-state index contributed by atoms with van der Waals surface area (Å²) in [5, 5.41) is 142. The van der Waals surface area contributed by atoms with E-state index in [4.69, 9.17) is 33.2 Å². The van der Waals surface area contributed by atoms with Crippen molar-refractivity contribution in [1.82, 2.24) is 0 Å². The van der Waals surface area contributed by atoms with Crippen LogP contribution >= 0.6 is 0 Å². The van der Waals surface area contributed by atoms with Gasteiger partial charge in [-0.15, -0.1) is 0 Å². The summed E-state index contributed by atoms with van der Waals surface area (Å²) in [6.07, 6.45) is -35.3. The first-order chi connectivity index (χ1) is 21.3. The molecule has 21 nitrogen and oxygen atoms in total. The third-order valence-corrected chi connectivity index (χ3v) is 8.20. The molecule has 4 aliphatic heterocycles. The van der Waals surface area contributed by atoms with Gasteiger partial charge in [0.15, 0.2) is 25.2 Å². The maximum atomic E-state index is 10.9. The van der Waals surface area contributed by atoms with Gasteiger partial charge >= 0.3 is 0 Å². The second-order valence-electron chi connectivity index (χ2n) is 11.1. The highest BCUT2D eigenvalue weighted by Crippen LogP contribution is 2.34. The Morgan fingerprint density at radius 2 is 0.644 bits per heavy atom. The van der Waals surface area contributed by atoms with E-state index in [0.717, 1.165) is 0 Å². The minimum atomic E-state index is -2.02. The van der Waals surface area contributed by atoms with Crippen molar-refractivity contribution in [1.29, 1.82) is 0 Å². The van der Waals surface area contributed by atoms with E-state index in [1.807, 2.05) is 0 Å². The number of ether oxygens (including phenoxy) is 7. The zero-order chi connectivity index (χ0) is 33.3. The number of aliphatic hydroxyl groups is 14. The molecule has 4 fully saturated rings. The predicted octanol–water partition coefficient (Wildman–Crippen LogP) is -9.75. The van der Waals surface area contributed by atoms with E-state index in [0.29, 0.717) is 0 Å². The summed E-state index contributed by atoms with van der Waals surface area (Å²) in [6, 6.07) is 0. The van der Waals surface area contributed by atoms with Crippen LogP contribution in [0.5, 0.6) is 0 Å². The summed E-state index contributed by atoms with van der Waals surface area (Å²) in [5.74, 6) is 0. The third-order valence-electron chi connectivity index (χ3n) is 8.20. The largest absolute Gasteiger partial charge is 0.394 e. The molecule has 0 radical (unpaired) electrons. The van der Waals surface area contributed by atoms with Gasteiger partial charge in [-0.25, -0.2) is 0 Å². The van der Waals surface area contributed by atoms with Crippen LogP contribution in [0.1, 0.15) is 0 Å². The van der Waals surface area contributed by atoms with Crippen molar-refractivity contribution in [2.75, 3.05) is 26.4 Å². The minimum Gasteiger partial charge on any atom is -0.394 e. The van der Waals surface area contributed by atoms with Crippen molar-refractivity contribution in [2.45, 2.75) is 123 Å². The quantitative estimate of drug-likeness (QED) is 0.103. The van der Waals surface area contributed by atoms with Crippen LogP contribution in [0.3, 0.4) is 0 Å². The lowest BCUT2D eigenvalue weighted by atomic mass is 9.95. The van der Waals surface area contributed by atoms with Crippen LogP contribution in [0.2, 0.25) is 0 Å². The summed E-state index contributed by atoms with van der Waals surface area (Å²) in [6.45, 7) is -3.39. The van der Waals surface area contributed by atoms with Crippen molar-refractivity contribution in [3.05, 3.63) is 0 Å². The van der Waals surface area contributed by atoms with Gasteiger partial charge in [0.1, 0.15) is 97.7 Å². The standard InChI is InChI=1S/C24H42O21/c25-1-5-9(29)10(30)15(35)22(40-5)44-19-7(3-27)42-24(17(37)12(19)32)45-20-8(4-28)41-23(16(36)13(20)33)43-18-6(2-26)39-21(38)14(34)11(18)31/h5-38H,1-4H2/t5-,6-,7-,8-,9-,10+,11-,12-,13-,14+,15+,16+,17-,18+,19-,20-,21-,22+,23+,24+/m1/s1. The normalized spacial score (nSPS) is 52.9. The molecule has 0 aromatic carbocycles. The Morgan fingerprint density at radius 1 is 0.333 bits per heavy atom. The molecule has 0 aliphatic carbocycles. The fourth-order valence-corrected chi connectivity index (χ4v) is 5.55. The van der Waals surface area contributed by atoms with Crippen molar-refractivity contribution >= 4 is 0 Å². The fraction of sp³-hybridized carbons (Fsp3) is 1.00. The van der Waals surface area contributed by atoms with Crippen molar-refractivity contribution in [3.63, 3.8) is 0 Å². The Balaban J connectivity index is 1.43. The zero-order valence-electron chi connectivity index (χ0n) is 23.5. The monoisotopic (exact) mass is 666 g/mol. The molecule has 4 aliphatic rings. The first kappa shape index (κ1) is 37.0. The predicted molar refractivity (Wildman–Crippen MR) is 134 cm³/mol. The summed E-state index contributed by atoms with van der Waals surface area (Å²) < 4.78 is 37.7. The Labute approximate surface area is 254 Å². The molecule has 4 heterocycles. The molecule has 0 aromatic heterocycles. The average Bonchev–Trinajstić information content (AvgIpc) is 3.03. The molecule has 0 unspecified atom stereocenters. The van der Waals surface area contributed by atoms with Crippen LogP contribution in [0, 0.1) is 0 Å². The first-order valence-electron chi connectivity index (χ1n) is 14.1. The molecule has 4 saturated heterocycles. The highest BCUT2D eigenvalue weighted by atomic mass is 16.8. The smallest absolute Gasteiger partial charge is 0.187 e. The number of hydrogen-bond acceptors (Lipinski definition) is 21. The molecule has 0 aromatic rings. The van der Waals surface area contributed by atoms with Gasteiger partial charge in [-0.2, -0.15) is 0 Å². The van der Waals surface area contributed by atoms with E-state index < -0.39 is 149 Å². The van der Waals surface area contributed by atoms with Crippen LogP contribution in [-0.4, -0.2) is 221 Å². The molecule has 20 atom stereocenters. The summed E-state index contributed by atoms with van der Waals surface area (Å²) >= 11 is 0. The lowest BCUT2D eigenvalue weighted by Crippen LogP contribution is -2.67. The van der Waals surface area contributed by atoms with Gasteiger partial charge in [0.05, 0.1) is 26.4 Å².